The zero-order valence-electron chi connectivity index (χ0n) is 11.1. The van der Waals surface area contributed by atoms with Crippen molar-refractivity contribution in [2.75, 3.05) is 13.7 Å². The first-order valence-corrected chi connectivity index (χ1v) is 6.18. The van der Waals surface area contributed by atoms with Crippen LogP contribution in [0, 0.1) is 16.7 Å². The Kier molecular flexibility index (Phi) is 2.92. The zero-order valence-corrected chi connectivity index (χ0v) is 11.1. The Bertz CT molecular complexity index is 362. The molecule has 2 aliphatic rings. The molecule has 2 saturated carbocycles. The van der Waals surface area contributed by atoms with Crippen molar-refractivity contribution >= 4 is 11.7 Å². The van der Waals surface area contributed by atoms with Crippen molar-refractivity contribution in [2.45, 2.75) is 40.0 Å². The van der Waals surface area contributed by atoms with Crippen LogP contribution in [0.25, 0.3) is 0 Å². The maximum atomic E-state index is 11.1. The van der Waals surface area contributed by atoms with Gasteiger partial charge in [0.15, 0.2) is 0 Å². The Morgan fingerprint density at radius 2 is 2.24 bits per heavy atom. The number of fused-ring (bicyclic) bond motifs is 2. The Labute approximate surface area is 102 Å². The summed E-state index contributed by atoms with van der Waals surface area (Å²) in [6, 6.07) is 0. The molecule has 0 aromatic rings. The SMILES string of the molecule is CO/N=C1/C[C@H]2CC[C@]1(COC(C)=O)C2(C)C. The minimum Gasteiger partial charge on any atom is -0.465 e. The van der Waals surface area contributed by atoms with Crippen LogP contribution in [0.15, 0.2) is 5.16 Å². The van der Waals surface area contributed by atoms with Gasteiger partial charge in [-0.05, 0) is 30.6 Å². The standard InChI is InChI=1S/C13H21NO3/c1-9(15)17-8-13-6-5-10(12(13,2)3)7-11(13)14-16-4/h10H,5-8H2,1-4H3/b14-11-/t10-,13-/m1/s1. The molecule has 2 rings (SSSR count). The highest BCUT2D eigenvalue weighted by molar-refractivity contribution is 5.94. The summed E-state index contributed by atoms with van der Waals surface area (Å²) in [5.74, 6) is 0.411. The third-order valence-electron chi connectivity index (χ3n) is 4.89. The minimum atomic E-state index is -0.220. The van der Waals surface area contributed by atoms with Gasteiger partial charge >= 0.3 is 5.97 Å². The first-order chi connectivity index (χ1) is 7.94. The molecule has 4 heteroatoms. The lowest BCUT2D eigenvalue weighted by Crippen LogP contribution is -2.41. The molecule has 0 amide bonds. The Hall–Kier alpha value is -1.06. The molecule has 2 fully saturated rings. The lowest BCUT2D eigenvalue weighted by atomic mass is 9.69. The Morgan fingerprint density at radius 3 is 2.76 bits per heavy atom. The molecule has 96 valence electrons. The number of nitrogens with zero attached hydrogens (tertiary/aromatic N) is 1. The molecule has 4 nitrogen and oxygen atoms in total. The van der Waals surface area contributed by atoms with Crippen molar-refractivity contribution in [1.82, 2.24) is 0 Å². The van der Waals surface area contributed by atoms with Crippen molar-refractivity contribution < 1.29 is 14.4 Å². The van der Waals surface area contributed by atoms with E-state index in [1.807, 2.05) is 0 Å². The molecule has 2 bridgehead atoms. The van der Waals surface area contributed by atoms with Crippen molar-refractivity contribution in [3.8, 4) is 0 Å². The molecule has 0 spiro atoms. The van der Waals surface area contributed by atoms with E-state index in [0.717, 1.165) is 18.6 Å². The summed E-state index contributed by atoms with van der Waals surface area (Å²) in [5.41, 5.74) is 1.10. The molecule has 0 aliphatic heterocycles. The number of rotatable bonds is 3. The summed E-state index contributed by atoms with van der Waals surface area (Å²) < 4.78 is 5.28. The first-order valence-electron chi connectivity index (χ1n) is 6.18. The average molecular weight is 239 g/mol. The van der Waals surface area contributed by atoms with E-state index in [9.17, 15) is 4.79 Å². The smallest absolute Gasteiger partial charge is 0.302 e. The lowest BCUT2D eigenvalue weighted by molar-refractivity contribution is -0.144. The van der Waals surface area contributed by atoms with E-state index < -0.39 is 0 Å². The summed E-state index contributed by atoms with van der Waals surface area (Å²) in [4.78, 5) is 16.0. The van der Waals surface area contributed by atoms with Gasteiger partial charge in [-0.15, -0.1) is 0 Å². The predicted octanol–water partition coefficient (Wildman–Crippen LogP) is 2.38. The van der Waals surface area contributed by atoms with Crippen LogP contribution in [0.5, 0.6) is 0 Å². The highest BCUT2D eigenvalue weighted by atomic mass is 16.6. The normalized spacial score (nSPS) is 36.2. The van der Waals surface area contributed by atoms with Gasteiger partial charge in [-0.3, -0.25) is 4.79 Å². The molecule has 2 atom stereocenters. The molecule has 0 heterocycles. The van der Waals surface area contributed by atoms with E-state index in [2.05, 4.69) is 19.0 Å². The van der Waals surface area contributed by atoms with E-state index in [1.54, 1.807) is 7.11 Å². The van der Waals surface area contributed by atoms with Crippen LogP contribution >= 0.6 is 0 Å². The van der Waals surface area contributed by atoms with Gasteiger partial charge in [0, 0.05) is 6.92 Å². The third kappa shape index (κ3) is 1.65. The number of ether oxygens (including phenoxy) is 1. The Balaban J connectivity index is 2.30. The Morgan fingerprint density at radius 1 is 1.53 bits per heavy atom. The lowest BCUT2D eigenvalue weighted by Gasteiger charge is -2.37. The largest absolute Gasteiger partial charge is 0.465 e. The maximum Gasteiger partial charge on any atom is 0.302 e. The van der Waals surface area contributed by atoms with Gasteiger partial charge in [0.2, 0.25) is 0 Å². The van der Waals surface area contributed by atoms with Gasteiger partial charge in [-0.1, -0.05) is 19.0 Å². The van der Waals surface area contributed by atoms with Crippen LogP contribution in [0.4, 0.5) is 0 Å². The topological polar surface area (TPSA) is 47.9 Å². The molecule has 0 aromatic carbocycles. The second-order valence-corrected chi connectivity index (χ2v) is 5.74. The fourth-order valence-electron chi connectivity index (χ4n) is 3.60. The number of oxime groups is 1. The molecule has 0 saturated heterocycles. The minimum absolute atomic E-state index is 0.112. The molecule has 0 radical (unpaired) electrons. The first kappa shape index (κ1) is 12.4. The predicted molar refractivity (Wildman–Crippen MR) is 64.6 cm³/mol. The van der Waals surface area contributed by atoms with Crippen LogP contribution < -0.4 is 0 Å². The van der Waals surface area contributed by atoms with Crippen molar-refractivity contribution in [1.29, 1.82) is 0 Å². The quantitative estimate of drug-likeness (QED) is 0.561. The number of carbonyl (C=O) groups excluding carboxylic acids is 1. The van der Waals surface area contributed by atoms with E-state index in [1.165, 1.54) is 13.3 Å². The van der Waals surface area contributed by atoms with Crippen LogP contribution in [0.1, 0.15) is 40.0 Å². The van der Waals surface area contributed by atoms with Crippen LogP contribution in [0.2, 0.25) is 0 Å². The van der Waals surface area contributed by atoms with Crippen molar-refractivity contribution in [3.05, 3.63) is 0 Å². The summed E-state index contributed by atoms with van der Waals surface area (Å²) in [6.45, 7) is 6.41. The van der Waals surface area contributed by atoms with Gasteiger partial charge in [-0.25, -0.2) is 0 Å². The molecule has 2 aliphatic carbocycles. The fourth-order valence-corrected chi connectivity index (χ4v) is 3.60. The number of hydrogen-bond donors (Lipinski definition) is 0. The van der Waals surface area contributed by atoms with Gasteiger partial charge in [0.25, 0.3) is 0 Å². The molecule has 0 unspecified atom stereocenters. The molecular formula is C13H21NO3. The molecule has 17 heavy (non-hydrogen) atoms. The summed E-state index contributed by atoms with van der Waals surface area (Å²) in [5, 5.41) is 4.18. The summed E-state index contributed by atoms with van der Waals surface area (Å²) >= 11 is 0. The van der Waals surface area contributed by atoms with E-state index >= 15 is 0 Å². The third-order valence-corrected chi connectivity index (χ3v) is 4.89. The van der Waals surface area contributed by atoms with Crippen LogP contribution in [0.3, 0.4) is 0 Å². The van der Waals surface area contributed by atoms with E-state index in [-0.39, 0.29) is 16.8 Å². The molecule has 0 aromatic heterocycles. The zero-order chi connectivity index (χ0) is 12.7. The second-order valence-electron chi connectivity index (χ2n) is 5.74. The molecular weight excluding hydrogens is 218 g/mol. The highest BCUT2D eigenvalue weighted by Crippen LogP contribution is 2.64. The van der Waals surface area contributed by atoms with E-state index in [4.69, 9.17) is 9.57 Å². The van der Waals surface area contributed by atoms with Crippen LogP contribution in [-0.4, -0.2) is 25.4 Å². The summed E-state index contributed by atoms with van der Waals surface area (Å²) in [6.07, 6.45) is 3.21. The monoisotopic (exact) mass is 239 g/mol. The summed E-state index contributed by atoms with van der Waals surface area (Å²) in [7, 11) is 1.57. The van der Waals surface area contributed by atoms with Gasteiger partial charge in [0.05, 0.1) is 11.1 Å². The van der Waals surface area contributed by atoms with Crippen molar-refractivity contribution in [3.63, 3.8) is 0 Å². The van der Waals surface area contributed by atoms with Gasteiger partial charge in [-0.2, -0.15) is 0 Å². The number of esters is 1. The number of carbonyl (C=O) groups is 1. The number of hydrogen-bond acceptors (Lipinski definition) is 4. The maximum absolute atomic E-state index is 11.1. The van der Waals surface area contributed by atoms with Crippen LogP contribution in [-0.2, 0) is 14.4 Å². The second kappa shape index (κ2) is 4.00. The van der Waals surface area contributed by atoms with Gasteiger partial charge in [0.1, 0.15) is 13.7 Å². The van der Waals surface area contributed by atoms with Crippen molar-refractivity contribution in [2.24, 2.45) is 21.9 Å². The average Bonchev–Trinajstić information content (AvgIpc) is 2.61. The highest BCUT2D eigenvalue weighted by Gasteiger charge is 2.63. The molecule has 0 N–H and O–H groups in total. The van der Waals surface area contributed by atoms with E-state index in [0.29, 0.717) is 12.5 Å². The van der Waals surface area contributed by atoms with Gasteiger partial charge < -0.3 is 9.57 Å². The fraction of sp³-hybridized carbons (Fsp3) is 0.846.